The van der Waals surface area contributed by atoms with Crippen LogP contribution >= 0.6 is 0 Å². The van der Waals surface area contributed by atoms with Gasteiger partial charge in [-0.2, -0.15) is 0 Å². The van der Waals surface area contributed by atoms with Crippen LogP contribution in [0, 0.1) is 5.92 Å². The number of hydrogen-bond donors (Lipinski definition) is 0. The number of halogens is 2. The van der Waals surface area contributed by atoms with Crippen molar-refractivity contribution < 1.29 is 48.0 Å². The maximum atomic E-state index is 2.49. The molecule has 2 aliphatic rings. The fourth-order valence-corrected chi connectivity index (χ4v) is 6.26. The first kappa shape index (κ1) is 18.0. The van der Waals surface area contributed by atoms with Crippen LogP contribution in [0.1, 0.15) is 35.0 Å². The van der Waals surface area contributed by atoms with Crippen molar-refractivity contribution in [2.24, 2.45) is 5.92 Å². The molecule has 20 heavy (non-hydrogen) atoms. The van der Waals surface area contributed by atoms with Gasteiger partial charge in [0.1, 0.15) is 0 Å². The van der Waals surface area contributed by atoms with Gasteiger partial charge in [-0.05, 0) is 0 Å². The second-order valence-corrected chi connectivity index (χ2v) is 9.16. The van der Waals surface area contributed by atoms with Crippen LogP contribution in [0.2, 0.25) is 0 Å². The largest absolute Gasteiger partial charge is 1.00 e. The number of allylic oxidation sites excluding steroid dienone is 5. The van der Waals surface area contributed by atoms with Crippen LogP contribution in [-0.2, 0) is 23.2 Å². The zero-order valence-corrected chi connectivity index (χ0v) is 15.7. The zero-order valence-electron chi connectivity index (χ0n) is 11.7. The third-order valence-electron chi connectivity index (χ3n) is 3.71. The summed E-state index contributed by atoms with van der Waals surface area (Å²) in [4.78, 5) is 0. The quantitative estimate of drug-likeness (QED) is 0.609. The average molecular weight is 384 g/mol. The summed E-state index contributed by atoms with van der Waals surface area (Å²) >= 11 is -0.492. The fraction of sp³-hybridized carbons (Fsp3) is 0.294. The average Bonchev–Trinajstić information content (AvgIpc) is 2.98. The normalized spacial score (nSPS) is 18.6. The van der Waals surface area contributed by atoms with E-state index in [-0.39, 0.29) is 24.8 Å². The summed E-state index contributed by atoms with van der Waals surface area (Å²) in [5.41, 5.74) is 4.57. The fourth-order valence-electron chi connectivity index (χ4n) is 2.62. The van der Waals surface area contributed by atoms with Crippen molar-refractivity contribution in [1.82, 2.24) is 0 Å². The maximum absolute atomic E-state index is 2.49. The summed E-state index contributed by atoms with van der Waals surface area (Å²) in [5.74, 6) is 0.688. The molecule has 0 radical (unpaired) electrons. The van der Waals surface area contributed by atoms with Crippen LogP contribution in [0.5, 0.6) is 0 Å². The van der Waals surface area contributed by atoms with E-state index >= 15 is 0 Å². The predicted molar refractivity (Wildman–Crippen MR) is 73.8 cm³/mol. The molecule has 2 aliphatic carbocycles. The van der Waals surface area contributed by atoms with Crippen molar-refractivity contribution in [1.29, 1.82) is 0 Å². The summed E-state index contributed by atoms with van der Waals surface area (Å²) in [5, 5.41) is 0. The summed E-state index contributed by atoms with van der Waals surface area (Å²) in [6.07, 6.45) is 10.9. The molecule has 0 amide bonds. The van der Waals surface area contributed by atoms with E-state index < -0.39 is 23.2 Å². The Kier molecular flexibility index (Phi) is 6.99. The van der Waals surface area contributed by atoms with E-state index in [1.807, 2.05) is 0 Å². The van der Waals surface area contributed by atoms with E-state index in [1.54, 1.807) is 14.4 Å². The van der Waals surface area contributed by atoms with Crippen LogP contribution in [0.25, 0.3) is 6.08 Å². The first-order chi connectivity index (χ1) is 8.74. The van der Waals surface area contributed by atoms with Crippen molar-refractivity contribution in [3.63, 3.8) is 0 Å². The van der Waals surface area contributed by atoms with Crippen LogP contribution in [-0.4, -0.2) is 0 Å². The molecule has 1 aromatic rings. The minimum Gasteiger partial charge on any atom is -1.00 e. The van der Waals surface area contributed by atoms with Crippen LogP contribution in [0.3, 0.4) is 0 Å². The Bertz CT molecular complexity index is 556. The van der Waals surface area contributed by atoms with E-state index in [4.69, 9.17) is 0 Å². The van der Waals surface area contributed by atoms with E-state index in [0.717, 1.165) is 3.63 Å². The molecule has 0 saturated carbocycles. The van der Waals surface area contributed by atoms with Gasteiger partial charge in [0.15, 0.2) is 0 Å². The van der Waals surface area contributed by atoms with Gasteiger partial charge in [0.05, 0.1) is 0 Å². The Morgan fingerprint density at radius 3 is 2.60 bits per heavy atom. The van der Waals surface area contributed by atoms with E-state index in [2.05, 4.69) is 62.4 Å². The molecule has 0 aromatic heterocycles. The molecule has 3 heteroatoms. The van der Waals surface area contributed by atoms with E-state index in [0.29, 0.717) is 5.92 Å². The Morgan fingerprint density at radius 1 is 1.15 bits per heavy atom. The van der Waals surface area contributed by atoms with E-state index in [1.165, 1.54) is 12.0 Å². The van der Waals surface area contributed by atoms with Crippen molar-refractivity contribution in [2.45, 2.75) is 23.9 Å². The molecule has 0 bridgehead atoms. The minimum atomic E-state index is -0.492. The van der Waals surface area contributed by atoms with Gasteiger partial charge in [0, 0.05) is 0 Å². The SMILES string of the molecule is CC(C)C1=CC[C]([Zr+2][CH]2C=Cc3ccccc32)=C1.[Cl-].[Cl-]. The van der Waals surface area contributed by atoms with Crippen LogP contribution < -0.4 is 24.8 Å². The monoisotopic (exact) mass is 382 g/mol. The van der Waals surface area contributed by atoms with Crippen LogP contribution in [0.15, 0.2) is 51.3 Å². The van der Waals surface area contributed by atoms with Crippen molar-refractivity contribution >= 4 is 6.08 Å². The topological polar surface area (TPSA) is 0 Å². The molecule has 0 spiro atoms. The smallest absolute Gasteiger partial charge is 1.00 e. The number of hydrogen-bond acceptors (Lipinski definition) is 0. The number of fused-ring (bicyclic) bond motifs is 1. The molecule has 0 aliphatic heterocycles. The molecule has 1 aromatic carbocycles. The summed E-state index contributed by atoms with van der Waals surface area (Å²) < 4.78 is 2.52. The van der Waals surface area contributed by atoms with Gasteiger partial charge in [-0.1, -0.05) is 0 Å². The van der Waals surface area contributed by atoms with Gasteiger partial charge in [-0.3, -0.25) is 0 Å². The zero-order chi connectivity index (χ0) is 12.5. The van der Waals surface area contributed by atoms with Gasteiger partial charge >= 0.3 is 122 Å². The standard InChI is InChI=1S/C9H7.C8H11.2ClH.Zr/c1-2-5-9-7-3-6-8(9)4-1;1-7(2)8-5-3-4-6-8;;;/h1-7H;5-7H,3H2,1-2H3;2*1H;/q;;;;+2/p-2. The van der Waals surface area contributed by atoms with Gasteiger partial charge in [-0.25, -0.2) is 0 Å². The molecule has 0 saturated heterocycles. The first-order valence-electron chi connectivity index (χ1n) is 6.68. The molecule has 1 atom stereocenters. The molecular weight excluding hydrogens is 366 g/mol. The molecule has 0 N–H and O–H groups in total. The molecular formula is C17H18Cl2Zr. The van der Waals surface area contributed by atoms with Gasteiger partial charge < -0.3 is 24.8 Å². The van der Waals surface area contributed by atoms with Gasteiger partial charge in [0.25, 0.3) is 0 Å². The minimum absolute atomic E-state index is 0. The second kappa shape index (κ2) is 7.78. The molecule has 3 rings (SSSR count). The molecule has 0 nitrogen and oxygen atoms in total. The summed E-state index contributed by atoms with van der Waals surface area (Å²) in [6, 6.07) is 8.88. The maximum Gasteiger partial charge on any atom is -1.00 e. The van der Waals surface area contributed by atoms with Crippen molar-refractivity contribution in [3.8, 4) is 0 Å². The number of benzene rings is 1. The third kappa shape index (κ3) is 3.76. The van der Waals surface area contributed by atoms with Crippen molar-refractivity contribution in [2.75, 3.05) is 0 Å². The molecule has 104 valence electrons. The van der Waals surface area contributed by atoms with Gasteiger partial charge in [0.2, 0.25) is 0 Å². The van der Waals surface area contributed by atoms with E-state index in [9.17, 15) is 0 Å². The molecule has 0 fully saturated rings. The Labute approximate surface area is 145 Å². The van der Waals surface area contributed by atoms with Crippen LogP contribution in [0.4, 0.5) is 0 Å². The Hall–Kier alpha value is -0.0969. The summed E-state index contributed by atoms with van der Waals surface area (Å²) in [6.45, 7) is 4.59. The number of rotatable bonds is 3. The van der Waals surface area contributed by atoms with Crippen molar-refractivity contribution in [3.05, 3.63) is 62.5 Å². The Balaban J connectivity index is 0.000001000. The first-order valence-corrected chi connectivity index (χ1v) is 9.33. The second-order valence-electron chi connectivity index (χ2n) is 5.34. The molecule has 0 heterocycles. The third-order valence-corrected chi connectivity index (χ3v) is 7.48. The van der Waals surface area contributed by atoms with Gasteiger partial charge in [-0.15, -0.1) is 0 Å². The predicted octanol–water partition coefficient (Wildman–Crippen LogP) is -1.28. The molecule has 1 unspecified atom stereocenters. The summed E-state index contributed by atoms with van der Waals surface area (Å²) in [7, 11) is 0. The Morgan fingerprint density at radius 2 is 1.90 bits per heavy atom.